The van der Waals surface area contributed by atoms with Crippen molar-refractivity contribution in [3.05, 3.63) is 24.5 Å². The lowest BCUT2D eigenvalue weighted by Gasteiger charge is -2.18. The molecule has 0 aromatic carbocycles. The molecule has 1 aromatic heterocycles. The first-order valence-electron chi connectivity index (χ1n) is 7.24. The van der Waals surface area contributed by atoms with Crippen LogP contribution < -0.4 is 15.8 Å². The number of carbonyl (C=O) groups is 1. The summed E-state index contributed by atoms with van der Waals surface area (Å²) in [5.41, 5.74) is 5.61. The Morgan fingerprint density at radius 3 is 2.68 bits per heavy atom. The highest BCUT2D eigenvalue weighted by molar-refractivity contribution is 7.89. The molecular formula is C14H24N4O3S. The third-order valence-corrected chi connectivity index (χ3v) is 4.44. The number of aromatic nitrogens is 1. The van der Waals surface area contributed by atoms with E-state index in [4.69, 9.17) is 5.73 Å². The average molecular weight is 328 g/mol. The average Bonchev–Trinajstić information content (AvgIpc) is 2.46. The molecule has 22 heavy (non-hydrogen) atoms. The van der Waals surface area contributed by atoms with Gasteiger partial charge in [0, 0.05) is 37.9 Å². The van der Waals surface area contributed by atoms with E-state index in [9.17, 15) is 13.2 Å². The van der Waals surface area contributed by atoms with Gasteiger partial charge in [0.05, 0.1) is 0 Å². The standard InChI is InChI=1S/C14H24N4O3S/c1-11(2)8-12(9-15)18-14(19)5-7-17-22(20,21)13-4-3-6-16-10-13/h3-4,6,10-12,17H,5,7-9,15H2,1-2H3,(H,18,19). The lowest BCUT2D eigenvalue weighted by atomic mass is 10.0. The zero-order chi connectivity index (χ0) is 16.6. The van der Waals surface area contributed by atoms with Gasteiger partial charge in [0.1, 0.15) is 4.90 Å². The third-order valence-electron chi connectivity index (χ3n) is 2.99. The second kappa shape index (κ2) is 8.82. The molecule has 0 saturated carbocycles. The van der Waals surface area contributed by atoms with E-state index in [2.05, 4.69) is 28.9 Å². The van der Waals surface area contributed by atoms with Crippen LogP contribution in [0.25, 0.3) is 0 Å². The van der Waals surface area contributed by atoms with Crippen molar-refractivity contribution in [1.82, 2.24) is 15.0 Å². The molecule has 0 fully saturated rings. The van der Waals surface area contributed by atoms with E-state index in [0.717, 1.165) is 6.42 Å². The van der Waals surface area contributed by atoms with Gasteiger partial charge in [-0.05, 0) is 24.5 Å². The minimum atomic E-state index is -3.63. The first kappa shape index (κ1) is 18.5. The molecule has 0 aliphatic heterocycles. The molecule has 1 rings (SSSR count). The molecule has 0 bridgehead atoms. The fraction of sp³-hybridized carbons (Fsp3) is 0.571. The summed E-state index contributed by atoms with van der Waals surface area (Å²) in [6, 6.07) is 2.91. The number of nitrogens with one attached hydrogen (secondary N) is 2. The summed E-state index contributed by atoms with van der Waals surface area (Å²) in [6.45, 7) is 4.50. The number of pyridine rings is 1. The largest absolute Gasteiger partial charge is 0.352 e. The Morgan fingerprint density at radius 1 is 1.41 bits per heavy atom. The number of rotatable bonds is 9. The number of nitrogens with zero attached hydrogens (tertiary/aromatic N) is 1. The fourth-order valence-corrected chi connectivity index (χ4v) is 2.97. The van der Waals surface area contributed by atoms with Crippen LogP contribution in [0.2, 0.25) is 0 Å². The topological polar surface area (TPSA) is 114 Å². The summed E-state index contributed by atoms with van der Waals surface area (Å²) in [7, 11) is -3.63. The van der Waals surface area contributed by atoms with E-state index in [0.29, 0.717) is 12.5 Å². The van der Waals surface area contributed by atoms with E-state index >= 15 is 0 Å². The monoisotopic (exact) mass is 328 g/mol. The highest BCUT2D eigenvalue weighted by Crippen LogP contribution is 2.05. The maximum Gasteiger partial charge on any atom is 0.242 e. The van der Waals surface area contributed by atoms with Gasteiger partial charge in [0.2, 0.25) is 15.9 Å². The molecule has 1 heterocycles. The second-order valence-electron chi connectivity index (χ2n) is 5.47. The highest BCUT2D eigenvalue weighted by atomic mass is 32.2. The zero-order valence-electron chi connectivity index (χ0n) is 13.0. The van der Waals surface area contributed by atoms with E-state index in [1.54, 1.807) is 6.07 Å². The predicted octanol–water partition coefficient (Wildman–Crippen LogP) is 0.240. The van der Waals surface area contributed by atoms with Crippen molar-refractivity contribution < 1.29 is 13.2 Å². The Balaban J connectivity index is 2.42. The van der Waals surface area contributed by atoms with Crippen molar-refractivity contribution in [2.45, 2.75) is 37.6 Å². The van der Waals surface area contributed by atoms with Crippen LogP contribution in [0.5, 0.6) is 0 Å². The van der Waals surface area contributed by atoms with Crippen molar-refractivity contribution in [2.24, 2.45) is 11.7 Å². The lowest BCUT2D eigenvalue weighted by molar-refractivity contribution is -0.121. The van der Waals surface area contributed by atoms with Gasteiger partial charge >= 0.3 is 0 Å². The Labute approximate surface area is 131 Å². The molecule has 0 radical (unpaired) electrons. The molecule has 7 nitrogen and oxygen atoms in total. The Bertz CT molecular complexity index is 561. The lowest BCUT2D eigenvalue weighted by Crippen LogP contribution is -2.42. The molecule has 1 atom stereocenters. The maximum atomic E-state index is 11.9. The number of hydrogen-bond acceptors (Lipinski definition) is 5. The van der Waals surface area contributed by atoms with Gasteiger partial charge in [-0.1, -0.05) is 13.8 Å². The first-order chi connectivity index (χ1) is 10.3. The van der Waals surface area contributed by atoms with Crippen LogP contribution in [-0.2, 0) is 14.8 Å². The molecule has 1 aromatic rings. The maximum absolute atomic E-state index is 11.9. The van der Waals surface area contributed by atoms with E-state index < -0.39 is 10.0 Å². The smallest absolute Gasteiger partial charge is 0.242 e. The van der Waals surface area contributed by atoms with Gasteiger partial charge in [0.15, 0.2) is 0 Å². The van der Waals surface area contributed by atoms with Crippen molar-refractivity contribution >= 4 is 15.9 Å². The van der Waals surface area contributed by atoms with Crippen LogP contribution in [-0.4, -0.2) is 38.4 Å². The van der Waals surface area contributed by atoms with Gasteiger partial charge in [-0.2, -0.15) is 0 Å². The molecule has 0 spiro atoms. The van der Waals surface area contributed by atoms with Crippen LogP contribution in [0.3, 0.4) is 0 Å². The summed E-state index contributed by atoms with van der Waals surface area (Å²) in [5, 5.41) is 2.81. The van der Waals surface area contributed by atoms with Crippen molar-refractivity contribution in [3.63, 3.8) is 0 Å². The quantitative estimate of drug-likeness (QED) is 0.601. The van der Waals surface area contributed by atoms with Gasteiger partial charge < -0.3 is 11.1 Å². The minimum absolute atomic E-state index is 0.0298. The van der Waals surface area contributed by atoms with Gasteiger partial charge in [-0.15, -0.1) is 0 Å². The Morgan fingerprint density at radius 2 is 2.14 bits per heavy atom. The molecule has 0 saturated heterocycles. The summed E-state index contributed by atoms with van der Waals surface area (Å²) in [6.07, 6.45) is 3.61. The zero-order valence-corrected chi connectivity index (χ0v) is 13.8. The predicted molar refractivity (Wildman–Crippen MR) is 84.5 cm³/mol. The molecule has 124 valence electrons. The van der Waals surface area contributed by atoms with Crippen LogP contribution in [0.1, 0.15) is 26.7 Å². The third kappa shape index (κ3) is 6.50. The molecule has 1 unspecified atom stereocenters. The molecule has 8 heteroatoms. The molecule has 1 amide bonds. The van der Waals surface area contributed by atoms with E-state index in [1.165, 1.54) is 18.5 Å². The number of hydrogen-bond donors (Lipinski definition) is 3. The molecule has 4 N–H and O–H groups in total. The van der Waals surface area contributed by atoms with Crippen LogP contribution in [0.4, 0.5) is 0 Å². The summed E-state index contributed by atoms with van der Waals surface area (Å²) in [4.78, 5) is 15.6. The number of sulfonamides is 1. The number of nitrogens with two attached hydrogens (primary N) is 1. The SMILES string of the molecule is CC(C)CC(CN)NC(=O)CCNS(=O)(=O)c1cccnc1. The Kier molecular flexibility index (Phi) is 7.43. The van der Waals surface area contributed by atoms with Crippen molar-refractivity contribution in [3.8, 4) is 0 Å². The highest BCUT2D eigenvalue weighted by Gasteiger charge is 2.15. The molecule has 0 aliphatic carbocycles. The van der Waals surface area contributed by atoms with Crippen LogP contribution in [0, 0.1) is 5.92 Å². The van der Waals surface area contributed by atoms with Crippen molar-refractivity contribution in [1.29, 1.82) is 0 Å². The van der Waals surface area contributed by atoms with Crippen LogP contribution >= 0.6 is 0 Å². The fourth-order valence-electron chi connectivity index (χ4n) is 1.97. The van der Waals surface area contributed by atoms with Gasteiger partial charge in [0.25, 0.3) is 0 Å². The summed E-state index contributed by atoms with van der Waals surface area (Å²) in [5.74, 6) is 0.211. The normalized spacial score (nSPS) is 13.1. The first-order valence-corrected chi connectivity index (χ1v) is 8.72. The number of carbonyl (C=O) groups excluding carboxylic acids is 1. The van der Waals surface area contributed by atoms with Crippen LogP contribution in [0.15, 0.2) is 29.4 Å². The van der Waals surface area contributed by atoms with Gasteiger partial charge in [-0.25, -0.2) is 13.1 Å². The Hall–Kier alpha value is -1.51. The minimum Gasteiger partial charge on any atom is -0.352 e. The van der Waals surface area contributed by atoms with Gasteiger partial charge in [-0.3, -0.25) is 9.78 Å². The van der Waals surface area contributed by atoms with E-state index in [-0.39, 0.29) is 29.8 Å². The molecular weight excluding hydrogens is 304 g/mol. The summed E-state index contributed by atoms with van der Waals surface area (Å²) >= 11 is 0. The molecule has 0 aliphatic rings. The summed E-state index contributed by atoms with van der Waals surface area (Å²) < 4.78 is 26.2. The second-order valence-corrected chi connectivity index (χ2v) is 7.23. The number of amides is 1. The van der Waals surface area contributed by atoms with E-state index in [1.807, 2.05) is 0 Å². The van der Waals surface area contributed by atoms with Crippen molar-refractivity contribution in [2.75, 3.05) is 13.1 Å².